The minimum absolute atomic E-state index is 0.0106. The van der Waals surface area contributed by atoms with Crippen LogP contribution in [0.1, 0.15) is 79.2 Å². The summed E-state index contributed by atoms with van der Waals surface area (Å²) in [7, 11) is 0. The second-order valence-corrected chi connectivity index (χ2v) is 21.3. The van der Waals surface area contributed by atoms with Gasteiger partial charge in [0, 0.05) is 68.6 Å². The number of carbonyl (C=O) groups excluding carboxylic acids is 2. The van der Waals surface area contributed by atoms with E-state index in [1.165, 1.54) is 12.1 Å². The first kappa shape index (κ1) is 43.6. The third-order valence-corrected chi connectivity index (χ3v) is 14.2. The molecule has 2 aromatic carbocycles. The first-order valence-electron chi connectivity index (χ1n) is 21.6. The zero-order valence-electron chi connectivity index (χ0n) is 36.4. The summed E-state index contributed by atoms with van der Waals surface area (Å²) in [5, 5.41) is 13.4. The van der Waals surface area contributed by atoms with E-state index in [0.29, 0.717) is 62.8 Å². The van der Waals surface area contributed by atoms with Gasteiger partial charge in [-0.1, -0.05) is 17.7 Å². The van der Waals surface area contributed by atoms with Gasteiger partial charge in [-0.15, -0.1) is 11.3 Å². The van der Waals surface area contributed by atoms with E-state index in [0.717, 1.165) is 50.1 Å². The molecule has 5 fully saturated rings. The van der Waals surface area contributed by atoms with E-state index >= 15 is 8.78 Å². The molecule has 1 saturated carbocycles. The molecule has 2 atom stereocenters. The van der Waals surface area contributed by atoms with Crippen molar-refractivity contribution in [1.82, 2.24) is 24.7 Å². The normalized spacial score (nSPS) is 22.7. The molecule has 0 radical (unpaired) electrons. The van der Waals surface area contributed by atoms with Crippen LogP contribution in [0.4, 0.5) is 33.6 Å². The summed E-state index contributed by atoms with van der Waals surface area (Å²) in [6, 6.07) is 6.09. The third kappa shape index (κ3) is 8.32. The number of alkyl halides is 1. The van der Waals surface area contributed by atoms with Crippen LogP contribution in [0.2, 0.25) is 5.02 Å². The molecule has 5 aliphatic rings. The Labute approximate surface area is 373 Å². The van der Waals surface area contributed by atoms with Crippen molar-refractivity contribution in [3.05, 3.63) is 40.4 Å². The molecule has 4 saturated heterocycles. The number of anilines is 2. The van der Waals surface area contributed by atoms with Gasteiger partial charge < -0.3 is 24.0 Å². The highest BCUT2D eigenvalue weighted by Gasteiger charge is 2.54. The number of hydrogen-bond acceptors (Lipinski definition) is 12. The van der Waals surface area contributed by atoms with Crippen LogP contribution in [-0.2, 0) is 9.47 Å². The van der Waals surface area contributed by atoms with Gasteiger partial charge in [0.05, 0.1) is 26.4 Å². The molecule has 63 heavy (non-hydrogen) atoms. The lowest BCUT2D eigenvalue weighted by atomic mass is 9.84. The van der Waals surface area contributed by atoms with Crippen LogP contribution in [0.25, 0.3) is 32.1 Å². The number of benzene rings is 2. The first-order valence-corrected chi connectivity index (χ1v) is 22.8. The van der Waals surface area contributed by atoms with Crippen LogP contribution in [0.15, 0.2) is 18.2 Å². The van der Waals surface area contributed by atoms with Crippen molar-refractivity contribution in [2.45, 2.75) is 102 Å². The second-order valence-electron chi connectivity index (χ2n) is 19.9. The molecule has 2 amide bonds. The van der Waals surface area contributed by atoms with Crippen molar-refractivity contribution in [3.8, 4) is 23.2 Å². The van der Waals surface area contributed by atoms with Crippen LogP contribution in [-0.4, -0.2) is 124 Å². The minimum Gasteiger partial charge on any atom is -0.461 e. The molecule has 0 bridgehead atoms. The molecule has 336 valence electrons. The highest BCUT2D eigenvalue weighted by atomic mass is 35.5. The van der Waals surface area contributed by atoms with Gasteiger partial charge >= 0.3 is 18.2 Å². The largest absolute Gasteiger partial charge is 0.461 e. The standard InChI is InChI=1S/C45H52ClF3N8O5S/c1-42(2,3)61-40(58)53-38-29(18-50)32-27(10-11-31(48)36(32)63-38)33-30(46)16-28-35(34(33)49)51-39(60-24-44-12-7-13-56(44)20-26(47)17-44)52-37(28)54-14-15-57(19-25-8-9-25)45(21-54)22-55(23-45)41(59)62-43(4,5)6/h10-11,16,25-26H,7-9,12-15,17,19-24H2,1-6H3,(H,53,58)/t26-,44+/m1/s1. The molecule has 1 N–H and O–H groups in total. The van der Waals surface area contributed by atoms with E-state index in [1.54, 1.807) is 31.7 Å². The maximum Gasteiger partial charge on any atom is 0.412 e. The Kier molecular flexibility index (Phi) is 10.9. The average molecular weight is 909 g/mol. The van der Waals surface area contributed by atoms with E-state index in [4.69, 9.17) is 30.8 Å². The Morgan fingerprint density at radius 2 is 1.79 bits per heavy atom. The number of rotatable bonds is 8. The summed E-state index contributed by atoms with van der Waals surface area (Å²) in [6.07, 6.45) is 2.08. The van der Waals surface area contributed by atoms with Gasteiger partial charge in [0.2, 0.25) is 0 Å². The lowest BCUT2D eigenvalue weighted by Gasteiger charge is -2.60. The third-order valence-electron chi connectivity index (χ3n) is 12.8. The number of hydrogen-bond donors (Lipinski definition) is 1. The summed E-state index contributed by atoms with van der Waals surface area (Å²) >= 11 is 7.92. The van der Waals surface area contributed by atoms with E-state index in [2.05, 4.69) is 31.1 Å². The van der Waals surface area contributed by atoms with Crippen molar-refractivity contribution in [2.75, 3.05) is 69.2 Å². The minimum atomic E-state index is -0.988. The summed E-state index contributed by atoms with van der Waals surface area (Å²) in [6.45, 7) is 15.2. The van der Waals surface area contributed by atoms with Crippen LogP contribution in [0, 0.1) is 28.9 Å². The predicted octanol–water partition coefficient (Wildman–Crippen LogP) is 9.14. The van der Waals surface area contributed by atoms with Crippen molar-refractivity contribution in [3.63, 3.8) is 0 Å². The number of nitriles is 1. The number of fused-ring (bicyclic) bond motifs is 3. The molecule has 9 rings (SSSR count). The number of amides is 2. The Balaban J connectivity index is 1.14. The summed E-state index contributed by atoms with van der Waals surface area (Å²) in [4.78, 5) is 44.0. The maximum absolute atomic E-state index is 17.7. The van der Waals surface area contributed by atoms with Gasteiger partial charge in [0.1, 0.15) is 52.2 Å². The van der Waals surface area contributed by atoms with E-state index in [1.807, 2.05) is 20.8 Å². The quantitative estimate of drug-likeness (QED) is 0.181. The van der Waals surface area contributed by atoms with Crippen LogP contribution < -0.4 is 15.0 Å². The van der Waals surface area contributed by atoms with E-state index < -0.39 is 46.2 Å². The van der Waals surface area contributed by atoms with Gasteiger partial charge in [0.25, 0.3) is 0 Å². The SMILES string of the molecule is CC(C)(C)OC(=O)Nc1sc2c(F)ccc(-c3c(Cl)cc4c(N5CCN(CC6CC6)C6(CN(C(=O)OC(C)(C)C)C6)C5)nc(OC[C@@]56CCCN5C[C@H](F)C6)nc4c3F)c2c1C#N. The number of aromatic nitrogens is 2. The number of ether oxygens (including phenoxy) is 3. The fraction of sp³-hybridized carbons (Fsp3) is 0.578. The number of nitrogens with zero attached hydrogens (tertiary/aromatic N) is 7. The average Bonchev–Trinajstić information content (AvgIpc) is 3.67. The molecule has 4 aliphatic heterocycles. The molecule has 1 spiro atoms. The number of carbonyl (C=O) groups is 2. The molecule has 4 aromatic rings. The number of likely N-dealkylation sites (tertiary alicyclic amines) is 1. The topological polar surface area (TPSA) is 136 Å². The predicted molar refractivity (Wildman–Crippen MR) is 235 cm³/mol. The van der Waals surface area contributed by atoms with Crippen molar-refractivity contribution in [2.24, 2.45) is 5.92 Å². The Morgan fingerprint density at radius 1 is 1.05 bits per heavy atom. The number of piperazine rings is 1. The van der Waals surface area contributed by atoms with Crippen molar-refractivity contribution in [1.29, 1.82) is 5.26 Å². The van der Waals surface area contributed by atoms with Gasteiger partial charge in [0.15, 0.2) is 5.82 Å². The van der Waals surface area contributed by atoms with Crippen LogP contribution in [0.3, 0.4) is 0 Å². The number of thiophene rings is 1. The Morgan fingerprint density at radius 3 is 2.49 bits per heavy atom. The smallest absolute Gasteiger partial charge is 0.412 e. The highest BCUT2D eigenvalue weighted by Crippen LogP contribution is 2.48. The Hall–Kier alpha value is -4.63. The molecule has 13 nitrogen and oxygen atoms in total. The molecule has 0 unspecified atom stereocenters. The van der Waals surface area contributed by atoms with Gasteiger partial charge in [-0.05, 0) is 97.4 Å². The summed E-state index contributed by atoms with van der Waals surface area (Å²) in [5.74, 6) is -0.539. The number of halogens is 4. The van der Waals surface area contributed by atoms with Gasteiger partial charge in [-0.3, -0.25) is 15.1 Å². The molecule has 1 aliphatic carbocycles. The van der Waals surface area contributed by atoms with Gasteiger partial charge in [-0.2, -0.15) is 15.2 Å². The molecule has 18 heteroatoms. The lowest BCUT2D eigenvalue weighted by molar-refractivity contribution is -0.0699. The second kappa shape index (κ2) is 15.8. The highest BCUT2D eigenvalue weighted by molar-refractivity contribution is 7.23. The summed E-state index contributed by atoms with van der Waals surface area (Å²) < 4.78 is 65.6. The zero-order chi connectivity index (χ0) is 44.8. The maximum atomic E-state index is 17.7. The van der Waals surface area contributed by atoms with E-state index in [-0.39, 0.29) is 61.0 Å². The fourth-order valence-electron chi connectivity index (χ4n) is 9.84. The molecular weight excluding hydrogens is 857 g/mol. The van der Waals surface area contributed by atoms with Crippen LogP contribution >= 0.6 is 22.9 Å². The zero-order valence-corrected chi connectivity index (χ0v) is 38.0. The van der Waals surface area contributed by atoms with Crippen LogP contribution in [0.5, 0.6) is 6.01 Å². The lowest BCUT2D eigenvalue weighted by Crippen LogP contribution is -2.78. The van der Waals surface area contributed by atoms with E-state index in [9.17, 15) is 19.2 Å². The first-order chi connectivity index (χ1) is 29.7. The van der Waals surface area contributed by atoms with Gasteiger partial charge in [-0.25, -0.2) is 22.8 Å². The summed E-state index contributed by atoms with van der Waals surface area (Å²) in [5.41, 5.74) is -2.67. The van der Waals surface area contributed by atoms with Crippen molar-refractivity contribution < 1.29 is 37.0 Å². The Bertz CT molecular complexity index is 2550. The monoisotopic (exact) mass is 908 g/mol. The number of nitrogens with one attached hydrogen (secondary N) is 1. The van der Waals surface area contributed by atoms with Crippen molar-refractivity contribution >= 4 is 66.9 Å². The fourth-order valence-corrected chi connectivity index (χ4v) is 11.2. The molecule has 2 aromatic heterocycles. The molecule has 6 heterocycles. The molecular formula is C45H52ClF3N8O5S.